The van der Waals surface area contributed by atoms with Gasteiger partial charge < -0.3 is 9.73 Å². The number of hydrogen-bond donors (Lipinski definition) is 2. The third kappa shape index (κ3) is 3.81. The summed E-state index contributed by atoms with van der Waals surface area (Å²) in [4.78, 5) is 16.1. The molecule has 0 bridgehead atoms. The maximum atomic E-state index is 12.2. The van der Waals surface area contributed by atoms with Gasteiger partial charge in [0.15, 0.2) is 0 Å². The first-order chi connectivity index (χ1) is 11.6. The molecule has 0 spiro atoms. The molecule has 1 atom stereocenters. The van der Waals surface area contributed by atoms with Crippen molar-refractivity contribution in [2.24, 2.45) is 0 Å². The third-order valence-electron chi connectivity index (χ3n) is 3.44. The van der Waals surface area contributed by atoms with E-state index in [-0.39, 0.29) is 18.5 Å². The maximum absolute atomic E-state index is 12.2. The van der Waals surface area contributed by atoms with E-state index < -0.39 is 0 Å². The molecule has 8 heteroatoms. The number of anilines is 1. The molecule has 3 aromatic rings. The first-order valence-corrected chi connectivity index (χ1v) is 7.72. The normalized spacial score (nSPS) is 12.1. The summed E-state index contributed by atoms with van der Waals surface area (Å²) in [6.45, 7) is 2.05. The average Bonchev–Trinajstić information content (AvgIpc) is 3.26. The van der Waals surface area contributed by atoms with Crippen molar-refractivity contribution in [2.75, 3.05) is 11.9 Å². The van der Waals surface area contributed by atoms with Crippen LogP contribution in [0.2, 0.25) is 5.02 Å². The molecule has 2 N–H and O–H groups in total. The zero-order chi connectivity index (χ0) is 16.9. The van der Waals surface area contributed by atoms with Gasteiger partial charge in [-0.25, -0.2) is 9.67 Å². The Balaban J connectivity index is 1.67. The third-order valence-corrected chi connectivity index (χ3v) is 3.67. The van der Waals surface area contributed by atoms with Gasteiger partial charge in [-0.05, 0) is 37.3 Å². The van der Waals surface area contributed by atoms with Crippen molar-refractivity contribution in [3.63, 3.8) is 0 Å². The van der Waals surface area contributed by atoms with Gasteiger partial charge in [-0.15, -0.1) is 0 Å². The Morgan fingerprint density at radius 2 is 2.29 bits per heavy atom. The van der Waals surface area contributed by atoms with Crippen LogP contribution in [0.5, 0.6) is 0 Å². The number of hydrogen-bond acceptors (Lipinski definition) is 5. The molecule has 124 valence electrons. The van der Waals surface area contributed by atoms with Gasteiger partial charge in [-0.3, -0.25) is 10.1 Å². The quantitative estimate of drug-likeness (QED) is 0.717. The highest BCUT2D eigenvalue weighted by Gasteiger charge is 2.13. The smallest absolute Gasteiger partial charge is 0.238 e. The molecule has 1 aromatic carbocycles. The minimum Gasteiger partial charge on any atom is -0.468 e. The molecule has 24 heavy (non-hydrogen) atoms. The molecule has 7 nitrogen and oxygen atoms in total. The fraction of sp³-hybridized carbons (Fsp3) is 0.188. The van der Waals surface area contributed by atoms with Crippen LogP contribution in [0.1, 0.15) is 18.7 Å². The summed E-state index contributed by atoms with van der Waals surface area (Å²) >= 11 is 6.03. The summed E-state index contributed by atoms with van der Waals surface area (Å²) in [5.74, 6) is 0.575. The second-order valence-electron chi connectivity index (χ2n) is 5.17. The lowest BCUT2D eigenvalue weighted by molar-refractivity contribution is -0.115. The van der Waals surface area contributed by atoms with Crippen molar-refractivity contribution in [1.82, 2.24) is 20.1 Å². The highest BCUT2D eigenvalue weighted by molar-refractivity contribution is 6.31. The van der Waals surface area contributed by atoms with E-state index in [4.69, 9.17) is 16.0 Å². The molecule has 0 unspecified atom stereocenters. The molecule has 0 saturated heterocycles. The van der Waals surface area contributed by atoms with Gasteiger partial charge in [0.05, 0.1) is 30.2 Å². The SMILES string of the molecule is C[C@@H](NCC(=O)Nc1cc(Cl)ccc1-n1cncn1)c1ccco1. The zero-order valence-electron chi connectivity index (χ0n) is 12.9. The van der Waals surface area contributed by atoms with Gasteiger partial charge in [0.25, 0.3) is 0 Å². The Bertz CT molecular complexity index is 802. The van der Waals surface area contributed by atoms with E-state index in [0.29, 0.717) is 16.4 Å². The summed E-state index contributed by atoms with van der Waals surface area (Å²) < 4.78 is 6.86. The number of aromatic nitrogens is 3. The Morgan fingerprint density at radius 3 is 3.00 bits per heavy atom. The van der Waals surface area contributed by atoms with Crippen LogP contribution < -0.4 is 10.6 Å². The lowest BCUT2D eigenvalue weighted by Gasteiger charge is -2.14. The lowest BCUT2D eigenvalue weighted by Crippen LogP contribution is -2.30. The van der Waals surface area contributed by atoms with Crippen LogP contribution in [0, 0.1) is 0 Å². The Labute approximate surface area is 143 Å². The van der Waals surface area contributed by atoms with Crippen molar-refractivity contribution in [3.8, 4) is 5.69 Å². The fourth-order valence-electron chi connectivity index (χ4n) is 2.22. The number of furan rings is 1. The molecule has 2 heterocycles. The molecule has 1 amide bonds. The molecule has 0 fully saturated rings. The second-order valence-corrected chi connectivity index (χ2v) is 5.60. The standard InChI is InChI=1S/C16H16ClN5O2/c1-11(15-3-2-6-24-15)19-8-16(23)21-13-7-12(17)4-5-14(13)22-10-18-9-20-22/h2-7,9-11,19H,8H2,1H3,(H,21,23)/t11-/m1/s1. The predicted octanol–water partition coefficient (Wildman–Crippen LogP) is 2.80. The van der Waals surface area contributed by atoms with Gasteiger partial charge in [0.1, 0.15) is 18.4 Å². The summed E-state index contributed by atoms with van der Waals surface area (Å²) in [5.41, 5.74) is 1.25. The molecule has 0 aliphatic heterocycles. The van der Waals surface area contributed by atoms with Crippen molar-refractivity contribution in [2.45, 2.75) is 13.0 Å². The Kier molecular flexibility index (Phi) is 4.93. The zero-order valence-corrected chi connectivity index (χ0v) is 13.7. The molecule has 3 rings (SSSR count). The Morgan fingerprint density at radius 1 is 1.42 bits per heavy atom. The summed E-state index contributed by atoms with van der Waals surface area (Å²) in [7, 11) is 0. The number of carbonyl (C=O) groups is 1. The van der Waals surface area contributed by atoms with Crippen molar-refractivity contribution in [3.05, 3.63) is 60.0 Å². The molecule has 2 aromatic heterocycles. The molecule has 0 saturated carbocycles. The number of benzene rings is 1. The van der Waals surface area contributed by atoms with E-state index in [0.717, 1.165) is 5.76 Å². The van der Waals surface area contributed by atoms with Crippen LogP contribution >= 0.6 is 11.6 Å². The molecule has 0 aliphatic rings. The van der Waals surface area contributed by atoms with Crippen molar-refractivity contribution < 1.29 is 9.21 Å². The first-order valence-electron chi connectivity index (χ1n) is 7.34. The number of rotatable bonds is 6. The minimum absolute atomic E-state index is 0.0695. The monoisotopic (exact) mass is 345 g/mol. The lowest BCUT2D eigenvalue weighted by atomic mass is 10.2. The number of nitrogens with one attached hydrogen (secondary N) is 2. The fourth-order valence-corrected chi connectivity index (χ4v) is 2.39. The first kappa shape index (κ1) is 16.2. The topological polar surface area (TPSA) is 85.0 Å². The van der Waals surface area contributed by atoms with Gasteiger partial charge in [-0.1, -0.05) is 11.6 Å². The van der Waals surface area contributed by atoms with Crippen LogP contribution in [0.3, 0.4) is 0 Å². The van der Waals surface area contributed by atoms with Crippen LogP contribution in [0.4, 0.5) is 5.69 Å². The molecular weight excluding hydrogens is 330 g/mol. The van der Waals surface area contributed by atoms with Crippen LogP contribution in [0.15, 0.2) is 53.7 Å². The maximum Gasteiger partial charge on any atom is 0.238 e. The van der Waals surface area contributed by atoms with E-state index in [9.17, 15) is 4.79 Å². The van der Waals surface area contributed by atoms with E-state index in [2.05, 4.69) is 20.7 Å². The molecular formula is C16H16ClN5O2. The van der Waals surface area contributed by atoms with Crippen LogP contribution in [0.25, 0.3) is 5.69 Å². The number of nitrogens with zero attached hydrogens (tertiary/aromatic N) is 3. The van der Waals surface area contributed by atoms with E-state index in [1.54, 1.807) is 35.5 Å². The van der Waals surface area contributed by atoms with Gasteiger partial charge in [-0.2, -0.15) is 5.10 Å². The highest BCUT2D eigenvalue weighted by Crippen LogP contribution is 2.23. The van der Waals surface area contributed by atoms with Crippen molar-refractivity contribution in [1.29, 1.82) is 0 Å². The minimum atomic E-state index is -0.197. The largest absolute Gasteiger partial charge is 0.468 e. The van der Waals surface area contributed by atoms with Gasteiger partial charge in [0.2, 0.25) is 5.91 Å². The second kappa shape index (κ2) is 7.29. The van der Waals surface area contributed by atoms with Gasteiger partial charge >= 0.3 is 0 Å². The highest BCUT2D eigenvalue weighted by atomic mass is 35.5. The number of amides is 1. The van der Waals surface area contributed by atoms with Gasteiger partial charge in [0, 0.05) is 5.02 Å². The summed E-state index contributed by atoms with van der Waals surface area (Å²) in [6.07, 6.45) is 4.58. The number of carbonyl (C=O) groups excluding carboxylic acids is 1. The molecule has 0 aliphatic carbocycles. The average molecular weight is 346 g/mol. The van der Waals surface area contributed by atoms with E-state index in [1.807, 2.05) is 19.1 Å². The number of halogens is 1. The van der Waals surface area contributed by atoms with E-state index in [1.165, 1.54) is 6.33 Å². The Hall–Kier alpha value is -2.64. The molecule has 0 radical (unpaired) electrons. The summed E-state index contributed by atoms with van der Waals surface area (Å²) in [6, 6.07) is 8.77. The van der Waals surface area contributed by atoms with E-state index >= 15 is 0 Å². The van der Waals surface area contributed by atoms with Crippen LogP contribution in [-0.2, 0) is 4.79 Å². The van der Waals surface area contributed by atoms with Crippen molar-refractivity contribution >= 4 is 23.2 Å². The predicted molar refractivity (Wildman–Crippen MR) is 90.1 cm³/mol. The summed E-state index contributed by atoms with van der Waals surface area (Å²) in [5, 5.41) is 10.5. The van der Waals surface area contributed by atoms with Crippen LogP contribution in [-0.4, -0.2) is 27.2 Å².